The van der Waals surface area contributed by atoms with Gasteiger partial charge in [0.25, 0.3) is 0 Å². The van der Waals surface area contributed by atoms with E-state index in [1.54, 1.807) is 6.92 Å². The van der Waals surface area contributed by atoms with Crippen LogP contribution in [0.25, 0.3) is 0 Å². The van der Waals surface area contributed by atoms with Gasteiger partial charge in [0.05, 0.1) is 35.0 Å². The van der Waals surface area contributed by atoms with Crippen molar-refractivity contribution in [3.63, 3.8) is 0 Å². The Kier molecular flexibility index (Phi) is 11.0. The number of nitrogens with two attached hydrogens (primary N) is 1. The molecule has 53 heavy (non-hydrogen) atoms. The van der Waals surface area contributed by atoms with Crippen molar-refractivity contribution in [2.24, 2.45) is 5.73 Å². The maximum atomic E-state index is 14.3. The molecule has 0 radical (unpaired) electrons. The van der Waals surface area contributed by atoms with Gasteiger partial charge in [0, 0.05) is 53.5 Å². The van der Waals surface area contributed by atoms with E-state index in [2.05, 4.69) is 0 Å². The number of fused-ring (bicyclic) bond motifs is 3. The molecule has 3 aromatic carbocycles. The van der Waals surface area contributed by atoms with Crippen LogP contribution in [0.15, 0.2) is 48.5 Å². The van der Waals surface area contributed by atoms with Gasteiger partial charge in [0.1, 0.15) is 22.8 Å². The first-order valence-electron chi connectivity index (χ1n) is 16.7. The lowest BCUT2D eigenvalue weighted by atomic mass is 9.72. The highest BCUT2D eigenvalue weighted by Crippen LogP contribution is 2.54. The number of ketones is 3. The van der Waals surface area contributed by atoms with E-state index in [0.29, 0.717) is 0 Å². The number of aromatic hydroxyl groups is 2. The lowest BCUT2D eigenvalue weighted by Gasteiger charge is -2.42. The van der Waals surface area contributed by atoms with Crippen LogP contribution in [0.5, 0.6) is 17.2 Å². The lowest BCUT2D eigenvalue weighted by molar-refractivity contribution is -0.247. The van der Waals surface area contributed by atoms with Crippen molar-refractivity contribution in [1.82, 2.24) is 0 Å². The predicted octanol–water partition coefficient (Wildman–Crippen LogP) is 3.65. The number of aliphatic hydroxyl groups excluding tert-OH is 1. The summed E-state index contributed by atoms with van der Waals surface area (Å²) in [5, 5.41) is 45.1. The molecular weight excluding hydrogens is 750 g/mol. The van der Waals surface area contributed by atoms with Crippen LogP contribution in [0.2, 0.25) is 0 Å². The number of benzene rings is 3. The third-order valence-corrected chi connectivity index (χ3v) is 13.5. The fourth-order valence-corrected chi connectivity index (χ4v) is 10.4. The first kappa shape index (κ1) is 39.0. The van der Waals surface area contributed by atoms with Gasteiger partial charge in [-0.1, -0.05) is 42.5 Å². The molecule has 2 saturated heterocycles. The molecule has 6 atom stereocenters. The molecule has 0 spiro atoms. The van der Waals surface area contributed by atoms with Crippen molar-refractivity contribution in [2.75, 3.05) is 18.3 Å². The van der Waals surface area contributed by atoms with Crippen LogP contribution in [0.1, 0.15) is 81.3 Å². The molecule has 2 aliphatic heterocycles. The predicted molar refractivity (Wildman–Crippen MR) is 196 cm³/mol. The van der Waals surface area contributed by atoms with Crippen LogP contribution in [0.4, 0.5) is 0 Å². The summed E-state index contributed by atoms with van der Waals surface area (Å²) < 4.78 is 22.3. The molecule has 2 aliphatic carbocycles. The smallest absolute Gasteiger partial charge is 0.340 e. The van der Waals surface area contributed by atoms with E-state index < -0.39 is 99.5 Å². The van der Waals surface area contributed by atoms with Crippen molar-refractivity contribution in [3.05, 3.63) is 87.5 Å². The lowest BCUT2D eigenvalue weighted by Crippen LogP contribution is -2.52. The number of aliphatic hydroxyl groups is 2. The molecule has 0 aromatic heterocycles. The monoisotopic (exact) mass is 787 g/mol. The zero-order valence-corrected chi connectivity index (χ0v) is 31.1. The van der Waals surface area contributed by atoms with Gasteiger partial charge in [-0.25, -0.2) is 4.79 Å². The Morgan fingerprint density at radius 1 is 0.981 bits per heavy atom. The fraction of sp³-hybridized carbons (Fsp3) is 0.405. The van der Waals surface area contributed by atoms with Gasteiger partial charge in [-0.05, 0) is 25.5 Å². The van der Waals surface area contributed by atoms with Gasteiger partial charge in [0.15, 0.2) is 21.9 Å². The standard InChI is InChI=1S/C37H37NO12S2.ClH/c1-17-30(40)22(38)13-25(49-17)50-24-15-36(46,18(2)39)14-21-27(24)34(44)29-28(32(21)42)31(41)20-9-6-10-23(26(20)33(29)43)47-16-48-35(45)37(51-11-12-52-37)19-7-4-3-5-8-19;/h3-10,17,22,24-25,30,40,42,44,46H,11-16,38H2,1-2H3;1H/t17?,22?,24-,25?,30?,36-;/m0./s1. The van der Waals surface area contributed by atoms with Crippen LogP contribution >= 0.6 is 35.9 Å². The van der Waals surface area contributed by atoms with Crippen molar-refractivity contribution < 1.29 is 58.6 Å². The van der Waals surface area contributed by atoms with E-state index in [9.17, 15) is 39.6 Å². The zero-order valence-electron chi connectivity index (χ0n) is 28.6. The second kappa shape index (κ2) is 14.9. The van der Waals surface area contributed by atoms with E-state index in [1.165, 1.54) is 48.6 Å². The topological polar surface area (TPSA) is 212 Å². The second-order valence-electron chi connectivity index (χ2n) is 13.3. The minimum absolute atomic E-state index is 0. The Balaban J connectivity index is 0.00000481. The van der Waals surface area contributed by atoms with Crippen molar-refractivity contribution in [2.45, 2.75) is 73.4 Å². The molecule has 4 unspecified atom stereocenters. The Morgan fingerprint density at radius 2 is 1.66 bits per heavy atom. The number of thioether (sulfide) groups is 2. The number of hydrogen-bond donors (Lipinski definition) is 5. The van der Waals surface area contributed by atoms with Gasteiger partial charge in [-0.2, -0.15) is 0 Å². The van der Waals surface area contributed by atoms with Gasteiger partial charge in [-0.3, -0.25) is 14.4 Å². The Morgan fingerprint density at radius 3 is 2.32 bits per heavy atom. The number of phenols is 2. The number of carbonyl (C=O) groups excluding carboxylic acids is 4. The average Bonchev–Trinajstić information content (AvgIpc) is 3.63. The number of esters is 1. The SMILES string of the molecule is CC(=O)[C@]1(O)Cc2c(O)c3c(c(O)c2[C@@H](OC2CC(N)C(O)C(C)O2)C1)C(=O)c1c(OCOC(=O)C2(c4ccccc4)SCCS2)cccc1C3=O.Cl. The third-order valence-electron chi connectivity index (χ3n) is 10.1. The van der Waals surface area contributed by atoms with Gasteiger partial charge in [-0.15, -0.1) is 35.9 Å². The zero-order chi connectivity index (χ0) is 37.1. The second-order valence-corrected chi connectivity index (χ2v) is 16.2. The summed E-state index contributed by atoms with van der Waals surface area (Å²) in [5.74, 6) is -2.86. The molecule has 7 rings (SSSR count). The van der Waals surface area contributed by atoms with Gasteiger partial charge < -0.3 is 45.1 Å². The number of rotatable bonds is 8. The summed E-state index contributed by atoms with van der Waals surface area (Å²) in [6.45, 7) is 2.17. The third kappa shape index (κ3) is 6.60. The number of phenolic OH excluding ortho intramolecular Hbond substituents is 2. The van der Waals surface area contributed by atoms with E-state index in [1.807, 2.05) is 30.3 Å². The fourth-order valence-electron chi connectivity index (χ4n) is 7.32. The van der Waals surface area contributed by atoms with Crippen LogP contribution in [0, 0.1) is 0 Å². The van der Waals surface area contributed by atoms with E-state index in [4.69, 9.17) is 24.7 Å². The molecule has 2 heterocycles. The van der Waals surface area contributed by atoms with Crippen molar-refractivity contribution in [3.8, 4) is 17.2 Å². The van der Waals surface area contributed by atoms with Crippen LogP contribution in [0.3, 0.4) is 0 Å². The van der Waals surface area contributed by atoms with Crippen molar-refractivity contribution >= 4 is 59.2 Å². The largest absolute Gasteiger partial charge is 0.507 e. The summed E-state index contributed by atoms with van der Waals surface area (Å²) in [6, 6.07) is 12.7. The molecule has 4 aliphatic rings. The van der Waals surface area contributed by atoms with Gasteiger partial charge >= 0.3 is 5.97 Å². The first-order chi connectivity index (χ1) is 24.8. The maximum absolute atomic E-state index is 14.3. The van der Waals surface area contributed by atoms with E-state index >= 15 is 0 Å². The molecule has 16 heteroatoms. The molecule has 3 aromatic rings. The highest BCUT2D eigenvalue weighted by Gasteiger charge is 2.50. The molecule has 0 bridgehead atoms. The van der Waals surface area contributed by atoms with E-state index in [0.717, 1.165) is 17.1 Å². The molecule has 282 valence electrons. The summed E-state index contributed by atoms with van der Waals surface area (Å²) in [4.78, 5) is 54.5. The summed E-state index contributed by atoms with van der Waals surface area (Å²) in [5.41, 5.74) is 3.17. The quantitative estimate of drug-likeness (QED) is 0.0980. The highest BCUT2D eigenvalue weighted by molar-refractivity contribution is 8.21. The van der Waals surface area contributed by atoms with E-state index in [-0.39, 0.29) is 53.3 Å². The Bertz CT molecular complexity index is 1960. The maximum Gasteiger partial charge on any atom is 0.340 e. The van der Waals surface area contributed by atoms with Crippen LogP contribution in [-0.2, 0) is 34.3 Å². The number of ether oxygens (including phenoxy) is 4. The number of Topliss-reactive ketones (excluding diaryl/α,β-unsaturated/α-hetero) is 1. The molecule has 0 amide bonds. The number of hydrogen-bond acceptors (Lipinski definition) is 15. The van der Waals surface area contributed by atoms with Crippen LogP contribution in [-0.4, -0.2) is 92.2 Å². The average molecular weight is 788 g/mol. The minimum Gasteiger partial charge on any atom is -0.507 e. The highest BCUT2D eigenvalue weighted by atomic mass is 35.5. The number of carbonyl (C=O) groups is 4. The molecule has 13 nitrogen and oxygen atoms in total. The molecular formula is C37H38ClNO12S2. The van der Waals surface area contributed by atoms with Crippen LogP contribution < -0.4 is 10.5 Å². The first-order valence-corrected chi connectivity index (χ1v) is 18.7. The van der Waals surface area contributed by atoms with Gasteiger partial charge in [0.2, 0.25) is 12.6 Å². The van der Waals surface area contributed by atoms with Crippen molar-refractivity contribution in [1.29, 1.82) is 0 Å². The minimum atomic E-state index is -2.07. The normalized spacial score (nSPS) is 27.2. The number of halogens is 1. The Labute approximate surface area is 318 Å². The summed E-state index contributed by atoms with van der Waals surface area (Å²) in [6.07, 6.45) is -4.92. The molecule has 2 fully saturated rings. The summed E-state index contributed by atoms with van der Waals surface area (Å²) >= 11 is 2.91. The summed E-state index contributed by atoms with van der Waals surface area (Å²) in [7, 11) is 0. The Hall–Kier alpha value is -3.67. The molecule has 0 saturated carbocycles. The molecule has 6 N–H and O–H groups in total.